The zero-order valence-corrected chi connectivity index (χ0v) is 10.5. The van der Waals surface area contributed by atoms with Gasteiger partial charge in [0.25, 0.3) is 0 Å². The van der Waals surface area contributed by atoms with Crippen LogP contribution in [0.1, 0.15) is 11.4 Å². The van der Waals surface area contributed by atoms with E-state index in [9.17, 15) is 0 Å². The van der Waals surface area contributed by atoms with Gasteiger partial charge in [-0.2, -0.15) is 19.8 Å². The number of nitrogens with zero attached hydrogens (tertiary/aromatic N) is 6. The summed E-state index contributed by atoms with van der Waals surface area (Å²) in [6, 6.07) is 5.35. The number of hydrogen-bond acceptors (Lipinski definition) is 5. The van der Waals surface area contributed by atoms with Crippen LogP contribution < -0.4 is 0 Å². The number of rotatable bonds is 1. The van der Waals surface area contributed by atoms with Crippen molar-refractivity contribution in [2.45, 2.75) is 13.8 Å². The summed E-state index contributed by atoms with van der Waals surface area (Å²) in [5, 5.41) is 20.8. The maximum atomic E-state index is 5.89. The molecule has 0 bridgehead atoms. The van der Waals surface area contributed by atoms with Crippen molar-refractivity contribution in [2.24, 2.45) is 0 Å². The topological polar surface area (TPSA) is 68.9 Å². The Morgan fingerprint density at radius 2 is 1.89 bits per heavy atom. The van der Waals surface area contributed by atoms with Crippen molar-refractivity contribution < 1.29 is 0 Å². The van der Waals surface area contributed by atoms with Crippen molar-refractivity contribution in [2.75, 3.05) is 0 Å². The lowest BCUT2D eigenvalue weighted by atomic mass is 10.2. The standard InChI is InChI=1S/C11H9ClN6/c1-6-5-8(7(2)14-13-6)11-16-15-10-4-3-9(12)17-18(10)11/h3-5H,1-2H3. The maximum absolute atomic E-state index is 5.89. The van der Waals surface area contributed by atoms with E-state index in [2.05, 4.69) is 25.5 Å². The Morgan fingerprint density at radius 3 is 2.72 bits per heavy atom. The molecule has 6 nitrogen and oxygen atoms in total. The Balaban J connectivity index is 2.31. The SMILES string of the molecule is Cc1cc(-c2nnc3ccc(Cl)nn23)c(C)nn1. The predicted molar refractivity (Wildman–Crippen MR) is 66.3 cm³/mol. The second kappa shape index (κ2) is 3.99. The van der Waals surface area contributed by atoms with Crippen LogP contribution in [0.4, 0.5) is 0 Å². The molecule has 3 aromatic rings. The highest BCUT2D eigenvalue weighted by molar-refractivity contribution is 6.29. The second-order valence-corrected chi connectivity index (χ2v) is 4.32. The van der Waals surface area contributed by atoms with Crippen LogP contribution >= 0.6 is 11.6 Å². The number of fused-ring (bicyclic) bond motifs is 1. The van der Waals surface area contributed by atoms with Crippen LogP contribution in [0.25, 0.3) is 17.0 Å². The number of hydrogen-bond donors (Lipinski definition) is 0. The summed E-state index contributed by atoms with van der Waals surface area (Å²) in [5.41, 5.74) is 3.08. The normalized spacial score (nSPS) is 11.1. The highest BCUT2D eigenvalue weighted by Crippen LogP contribution is 2.21. The minimum absolute atomic E-state index is 0.389. The number of halogens is 1. The van der Waals surface area contributed by atoms with Crippen LogP contribution in [0.15, 0.2) is 18.2 Å². The van der Waals surface area contributed by atoms with Gasteiger partial charge in [0.1, 0.15) is 5.15 Å². The zero-order chi connectivity index (χ0) is 12.7. The number of aryl methyl sites for hydroxylation is 2. The van der Waals surface area contributed by atoms with Crippen LogP contribution in [0.3, 0.4) is 0 Å². The molecule has 0 N–H and O–H groups in total. The average Bonchev–Trinajstić information content (AvgIpc) is 2.75. The molecular weight excluding hydrogens is 252 g/mol. The molecule has 3 rings (SSSR count). The van der Waals surface area contributed by atoms with Gasteiger partial charge >= 0.3 is 0 Å². The minimum Gasteiger partial charge on any atom is -0.191 e. The summed E-state index contributed by atoms with van der Waals surface area (Å²) >= 11 is 5.89. The molecule has 0 aromatic carbocycles. The molecule has 0 fully saturated rings. The first-order chi connectivity index (χ1) is 8.65. The van der Waals surface area contributed by atoms with E-state index < -0.39 is 0 Å². The fraction of sp³-hybridized carbons (Fsp3) is 0.182. The van der Waals surface area contributed by atoms with Crippen molar-refractivity contribution in [3.63, 3.8) is 0 Å². The monoisotopic (exact) mass is 260 g/mol. The van der Waals surface area contributed by atoms with Crippen LogP contribution in [-0.2, 0) is 0 Å². The van der Waals surface area contributed by atoms with E-state index in [0.717, 1.165) is 17.0 Å². The lowest BCUT2D eigenvalue weighted by Gasteiger charge is -2.03. The summed E-state index contributed by atoms with van der Waals surface area (Å²) in [7, 11) is 0. The molecule has 0 radical (unpaired) electrons. The fourth-order valence-electron chi connectivity index (χ4n) is 1.71. The second-order valence-electron chi connectivity index (χ2n) is 3.93. The fourth-order valence-corrected chi connectivity index (χ4v) is 1.85. The highest BCUT2D eigenvalue weighted by Gasteiger charge is 2.13. The van der Waals surface area contributed by atoms with Crippen molar-refractivity contribution in [3.05, 3.63) is 34.7 Å². The van der Waals surface area contributed by atoms with Gasteiger partial charge in [-0.15, -0.1) is 10.2 Å². The first-order valence-electron chi connectivity index (χ1n) is 5.34. The molecule has 3 aromatic heterocycles. The maximum Gasteiger partial charge on any atom is 0.187 e. The van der Waals surface area contributed by atoms with E-state index in [1.54, 1.807) is 16.6 Å². The van der Waals surface area contributed by atoms with Crippen LogP contribution in [0.5, 0.6) is 0 Å². The highest BCUT2D eigenvalue weighted by atomic mass is 35.5. The summed E-state index contributed by atoms with van der Waals surface area (Å²) in [6.45, 7) is 3.74. The van der Waals surface area contributed by atoms with Gasteiger partial charge in [0, 0.05) is 5.56 Å². The van der Waals surface area contributed by atoms with E-state index >= 15 is 0 Å². The Hall–Kier alpha value is -2.08. The lowest BCUT2D eigenvalue weighted by Crippen LogP contribution is -1.99. The van der Waals surface area contributed by atoms with Gasteiger partial charge in [-0.1, -0.05) is 11.6 Å². The van der Waals surface area contributed by atoms with Crippen LogP contribution in [0, 0.1) is 13.8 Å². The molecule has 18 heavy (non-hydrogen) atoms. The molecule has 0 aliphatic rings. The quantitative estimate of drug-likeness (QED) is 0.668. The van der Waals surface area contributed by atoms with Gasteiger partial charge in [-0.05, 0) is 32.0 Å². The van der Waals surface area contributed by atoms with Crippen molar-refractivity contribution in [1.29, 1.82) is 0 Å². The molecule has 0 aliphatic carbocycles. The first kappa shape index (κ1) is 11.0. The Labute approximate surface area is 108 Å². The average molecular weight is 261 g/mol. The molecule has 0 spiro atoms. The van der Waals surface area contributed by atoms with E-state index in [1.807, 2.05) is 19.9 Å². The van der Waals surface area contributed by atoms with Gasteiger partial charge in [0.05, 0.1) is 11.4 Å². The van der Waals surface area contributed by atoms with E-state index in [-0.39, 0.29) is 0 Å². The van der Waals surface area contributed by atoms with Gasteiger partial charge in [-0.3, -0.25) is 0 Å². The van der Waals surface area contributed by atoms with Gasteiger partial charge in [0.2, 0.25) is 0 Å². The third kappa shape index (κ3) is 1.70. The molecule has 7 heteroatoms. The Morgan fingerprint density at radius 1 is 1.06 bits per heavy atom. The molecule has 0 saturated heterocycles. The third-order valence-corrected chi connectivity index (χ3v) is 2.77. The van der Waals surface area contributed by atoms with Gasteiger partial charge < -0.3 is 0 Å². The van der Waals surface area contributed by atoms with Gasteiger partial charge in [-0.25, -0.2) is 0 Å². The molecule has 0 amide bonds. The summed E-state index contributed by atoms with van der Waals surface area (Å²) < 4.78 is 1.60. The molecule has 0 atom stereocenters. The van der Waals surface area contributed by atoms with E-state index in [0.29, 0.717) is 16.6 Å². The third-order valence-electron chi connectivity index (χ3n) is 2.57. The van der Waals surface area contributed by atoms with Crippen molar-refractivity contribution in [1.82, 2.24) is 30.0 Å². The van der Waals surface area contributed by atoms with E-state index in [1.165, 1.54) is 0 Å². The van der Waals surface area contributed by atoms with E-state index in [4.69, 9.17) is 11.6 Å². The molecule has 3 heterocycles. The molecule has 0 unspecified atom stereocenters. The van der Waals surface area contributed by atoms with Crippen molar-refractivity contribution >= 4 is 17.2 Å². The molecule has 0 saturated carbocycles. The summed E-state index contributed by atoms with van der Waals surface area (Å²) in [4.78, 5) is 0. The minimum atomic E-state index is 0.389. The number of aromatic nitrogens is 6. The summed E-state index contributed by atoms with van der Waals surface area (Å²) in [5.74, 6) is 0.614. The predicted octanol–water partition coefficient (Wildman–Crippen LogP) is 1.85. The molecular formula is C11H9ClN6. The first-order valence-corrected chi connectivity index (χ1v) is 5.72. The van der Waals surface area contributed by atoms with Gasteiger partial charge in [0.15, 0.2) is 11.5 Å². The molecule has 90 valence electrons. The zero-order valence-electron chi connectivity index (χ0n) is 9.79. The van der Waals surface area contributed by atoms with Crippen molar-refractivity contribution in [3.8, 4) is 11.4 Å². The van der Waals surface area contributed by atoms with Crippen LogP contribution in [0.2, 0.25) is 5.15 Å². The largest absolute Gasteiger partial charge is 0.191 e. The smallest absolute Gasteiger partial charge is 0.187 e. The Bertz CT molecular complexity index is 735. The van der Waals surface area contributed by atoms with Crippen LogP contribution in [-0.4, -0.2) is 30.0 Å². The molecule has 0 aliphatic heterocycles. The summed E-state index contributed by atoms with van der Waals surface area (Å²) in [6.07, 6.45) is 0. The lowest BCUT2D eigenvalue weighted by molar-refractivity contribution is 0.908. The Kier molecular flexibility index (Phi) is 2.45.